The van der Waals surface area contributed by atoms with Gasteiger partial charge in [0.2, 0.25) is 0 Å². The average Bonchev–Trinajstić information content (AvgIpc) is 2.03. The molecule has 2 nitrogen and oxygen atoms in total. The molecule has 0 saturated carbocycles. The number of hydrogen-bond acceptors (Lipinski definition) is 2. The van der Waals surface area contributed by atoms with E-state index in [1.165, 1.54) is 0 Å². The first-order valence-electron chi connectivity index (χ1n) is 3.63. The number of aliphatic hydroxyl groups excluding tert-OH is 1. The lowest BCUT2D eigenvalue weighted by atomic mass is 10.1. The molecule has 0 aliphatic rings. The second-order valence-electron chi connectivity index (χ2n) is 2.48. The van der Waals surface area contributed by atoms with Crippen molar-refractivity contribution in [3.05, 3.63) is 29.3 Å². The first-order chi connectivity index (χ1) is 5.74. The topological polar surface area (TPSA) is 40.5 Å². The first-order valence-corrected chi connectivity index (χ1v) is 3.63. The monoisotopic (exact) mass is 162 g/mol. The van der Waals surface area contributed by atoms with Crippen LogP contribution in [0.5, 0.6) is 5.75 Å². The van der Waals surface area contributed by atoms with Gasteiger partial charge < -0.3 is 10.2 Å². The van der Waals surface area contributed by atoms with Crippen LogP contribution in [0, 0.1) is 18.8 Å². The Morgan fingerprint density at radius 3 is 2.75 bits per heavy atom. The van der Waals surface area contributed by atoms with Crippen LogP contribution in [-0.4, -0.2) is 16.8 Å². The van der Waals surface area contributed by atoms with Crippen LogP contribution in [0.2, 0.25) is 0 Å². The van der Waals surface area contributed by atoms with Crippen molar-refractivity contribution in [2.75, 3.05) is 6.61 Å². The van der Waals surface area contributed by atoms with E-state index >= 15 is 0 Å². The van der Waals surface area contributed by atoms with Crippen LogP contribution in [0.25, 0.3) is 0 Å². The minimum atomic E-state index is -0.187. The molecule has 0 saturated heterocycles. The highest BCUT2D eigenvalue weighted by Crippen LogP contribution is 2.16. The maximum atomic E-state index is 9.33. The second kappa shape index (κ2) is 3.80. The van der Waals surface area contributed by atoms with Gasteiger partial charge in [-0.25, -0.2) is 0 Å². The number of benzene rings is 1. The highest BCUT2D eigenvalue weighted by molar-refractivity contribution is 5.46. The maximum absolute atomic E-state index is 9.33. The van der Waals surface area contributed by atoms with Crippen LogP contribution < -0.4 is 0 Å². The van der Waals surface area contributed by atoms with Crippen LogP contribution >= 0.6 is 0 Å². The molecule has 62 valence electrons. The number of aromatic hydroxyl groups is 1. The molecule has 0 unspecified atom stereocenters. The fraction of sp³-hybridized carbons (Fsp3) is 0.200. The van der Waals surface area contributed by atoms with E-state index in [0.29, 0.717) is 5.56 Å². The molecule has 0 atom stereocenters. The van der Waals surface area contributed by atoms with Crippen molar-refractivity contribution >= 4 is 0 Å². The number of phenols is 1. The zero-order chi connectivity index (χ0) is 8.97. The summed E-state index contributed by atoms with van der Waals surface area (Å²) >= 11 is 0. The molecule has 0 fully saturated rings. The van der Waals surface area contributed by atoms with E-state index in [1.54, 1.807) is 12.1 Å². The van der Waals surface area contributed by atoms with Gasteiger partial charge in [0.05, 0.1) is 5.56 Å². The highest BCUT2D eigenvalue weighted by atomic mass is 16.3. The average molecular weight is 162 g/mol. The minimum absolute atomic E-state index is 0.163. The minimum Gasteiger partial charge on any atom is -0.507 e. The van der Waals surface area contributed by atoms with Crippen molar-refractivity contribution in [2.45, 2.75) is 6.92 Å². The molecule has 1 aromatic carbocycles. The Morgan fingerprint density at radius 2 is 2.17 bits per heavy atom. The third kappa shape index (κ3) is 2.01. The van der Waals surface area contributed by atoms with Gasteiger partial charge in [0.1, 0.15) is 12.4 Å². The molecule has 0 heterocycles. The van der Waals surface area contributed by atoms with Gasteiger partial charge in [-0.1, -0.05) is 17.9 Å². The fourth-order valence-electron chi connectivity index (χ4n) is 0.882. The summed E-state index contributed by atoms with van der Waals surface area (Å²) in [4.78, 5) is 0. The Bertz CT molecular complexity index is 331. The summed E-state index contributed by atoms with van der Waals surface area (Å²) in [6.45, 7) is 1.70. The van der Waals surface area contributed by atoms with Crippen LogP contribution in [0.15, 0.2) is 18.2 Å². The van der Waals surface area contributed by atoms with Crippen LogP contribution in [0.4, 0.5) is 0 Å². The molecule has 2 N–H and O–H groups in total. The molecule has 0 radical (unpaired) electrons. The van der Waals surface area contributed by atoms with Crippen molar-refractivity contribution in [3.8, 4) is 17.6 Å². The number of rotatable bonds is 0. The summed E-state index contributed by atoms with van der Waals surface area (Å²) in [5, 5.41) is 17.8. The molecule has 12 heavy (non-hydrogen) atoms. The predicted molar refractivity (Wildman–Crippen MR) is 46.8 cm³/mol. The largest absolute Gasteiger partial charge is 0.507 e. The molecular weight excluding hydrogens is 152 g/mol. The Hall–Kier alpha value is -1.46. The van der Waals surface area contributed by atoms with E-state index in [1.807, 2.05) is 13.0 Å². The Morgan fingerprint density at radius 1 is 1.42 bits per heavy atom. The van der Waals surface area contributed by atoms with Gasteiger partial charge in [0, 0.05) is 0 Å². The maximum Gasteiger partial charge on any atom is 0.131 e. The molecule has 1 aromatic rings. The Kier molecular flexibility index (Phi) is 2.73. The van der Waals surface area contributed by atoms with E-state index in [-0.39, 0.29) is 12.4 Å². The van der Waals surface area contributed by atoms with Crippen molar-refractivity contribution in [3.63, 3.8) is 0 Å². The standard InChI is InChI=1S/C10H10O2/c1-8-4-5-9(3-2-6-11)10(12)7-8/h4-5,7,11-12H,6H2,1H3. The van der Waals surface area contributed by atoms with Gasteiger partial charge >= 0.3 is 0 Å². The number of hydrogen-bond donors (Lipinski definition) is 2. The van der Waals surface area contributed by atoms with E-state index in [9.17, 15) is 5.11 Å². The zero-order valence-electron chi connectivity index (χ0n) is 6.83. The smallest absolute Gasteiger partial charge is 0.131 e. The molecule has 2 heteroatoms. The molecule has 0 aromatic heterocycles. The molecule has 0 aliphatic carbocycles. The molecular formula is C10H10O2. The van der Waals surface area contributed by atoms with Crippen LogP contribution in [0.3, 0.4) is 0 Å². The molecule has 0 spiro atoms. The second-order valence-corrected chi connectivity index (χ2v) is 2.48. The number of aryl methyl sites for hydroxylation is 1. The molecule has 0 bridgehead atoms. The summed E-state index contributed by atoms with van der Waals surface area (Å²) in [6.07, 6.45) is 0. The lowest BCUT2D eigenvalue weighted by Crippen LogP contribution is -1.79. The van der Waals surface area contributed by atoms with Gasteiger partial charge in [-0.3, -0.25) is 0 Å². The summed E-state index contributed by atoms with van der Waals surface area (Å²) in [7, 11) is 0. The van der Waals surface area contributed by atoms with Crippen molar-refractivity contribution in [1.29, 1.82) is 0 Å². The first kappa shape index (κ1) is 8.63. The number of phenolic OH excluding ortho intramolecular Hbond substituents is 1. The van der Waals surface area contributed by atoms with Gasteiger partial charge in [0.15, 0.2) is 0 Å². The van der Waals surface area contributed by atoms with Crippen molar-refractivity contribution in [1.82, 2.24) is 0 Å². The van der Waals surface area contributed by atoms with Gasteiger partial charge in [0.25, 0.3) is 0 Å². The van der Waals surface area contributed by atoms with E-state index in [2.05, 4.69) is 11.8 Å². The summed E-state index contributed by atoms with van der Waals surface area (Å²) < 4.78 is 0. The predicted octanol–water partition coefficient (Wildman–Crippen LogP) is 1.04. The van der Waals surface area contributed by atoms with Crippen LogP contribution in [-0.2, 0) is 0 Å². The van der Waals surface area contributed by atoms with Gasteiger partial charge in [-0.2, -0.15) is 0 Å². The third-order valence-corrected chi connectivity index (χ3v) is 1.46. The van der Waals surface area contributed by atoms with Gasteiger partial charge in [-0.05, 0) is 24.6 Å². The summed E-state index contributed by atoms with van der Waals surface area (Å²) in [6, 6.07) is 5.23. The molecule has 1 rings (SSSR count). The lowest BCUT2D eigenvalue weighted by Gasteiger charge is -1.97. The zero-order valence-corrected chi connectivity index (χ0v) is 6.83. The quantitative estimate of drug-likeness (QED) is 0.560. The SMILES string of the molecule is Cc1ccc(C#CCO)c(O)c1. The molecule has 0 aliphatic heterocycles. The fourth-order valence-corrected chi connectivity index (χ4v) is 0.882. The number of aliphatic hydroxyl groups is 1. The molecule has 0 amide bonds. The van der Waals surface area contributed by atoms with Crippen LogP contribution in [0.1, 0.15) is 11.1 Å². The summed E-state index contributed by atoms with van der Waals surface area (Å²) in [5.74, 6) is 5.27. The van der Waals surface area contributed by atoms with Crippen molar-refractivity contribution in [2.24, 2.45) is 0 Å². The van der Waals surface area contributed by atoms with E-state index in [4.69, 9.17) is 5.11 Å². The van der Waals surface area contributed by atoms with Gasteiger partial charge in [-0.15, -0.1) is 0 Å². The Labute approximate surface area is 71.5 Å². The Balaban J connectivity index is 3.01. The van der Waals surface area contributed by atoms with E-state index < -0.39 is 0 Å². The normalized spacial score (nSPS) is 8.83. The van der Waals surface area contributed by atoms with E-state index in [0.717, 1.165) is 5.56 Å². The summed E-state index contributed by atoms with van der Waals surface area (Å²) in [5.41, 5.74) is 1.54. The third-order valence-electron chi connectivity index (χ3n) is 1.46. The van der Waals surface area contributed by atoms with Crippen molar-refractivity contribution < 1.29 is 10.2 Å². The lowest BCUT2D eigenvalue weighted by molar-refractivity contribution is 0.350. The highest BCUT2D eigenvalue weighted by Gasteiger charge is 1.95.